The summed E-state index contributed by atoms with van der Waals surface area (Å²) in [6, 6.07) is 7.73. The molecule has 0 spiro atoms. The minimum atomic E-state index is -0.0649. The number of rotatable bonds is 3. The highest BCUT2D eigenvalue weighted by Crippen LogP contribution is 2.18. The summed E-state index contributed by atoms with van der Waals surface area (Å²) < 4.78 is 1.89. The minimum absolute atomic E-state index is 0.0649. The molecule has 0 fully saturated rings. The summed E-state index contributed by atoms with van der Waals surface area (Å²) in [6.07, 6.45) is 1.67. The van der Waals surface area contributed by atoms with Crippen LogP contribution >= 0.6 is 0 Å². The second-order valence-corrected chi connectivity index (χ2v) is 5.24. The smallest absolute Gasteiger partial charge is 0.255 e. The number of hydrogen-bond acceptors (Lipinski definition) is 3. The van der Waals surface area contributed by atoms with Gasteiger partial charge < -0.3 is 10.3 Å². The fourth-order valence-electron chi connectivity index (χ4n) is 2.56. The van der Waals surface area contributed by atoms with E-state index in [1.165, 1.54) is 5.56 Å². The third-order valence-electron chi connectivity index (χ3n) is 3.90. The van der Waals surface area contributed by atoms with Crippen LogP contribution in [0.3, 0.4) is 0 Å². The van der Waals surface area contributed by atoms with E-state index in [1.807, 2.05) is 42.9 Å². The third kappa shape index (κ3) is 2.42. The highest BCUT2D eigenvalue weighted by molar-refractivity contribution is 5.84. The molecule has 0 bridgehead atoms. The molecule has 3 rings (SSSR count). The lowest BCUT2D eigenvalue weighted by molar-refractivity contribution is 0.730. The Labute approximate surface area is 122 Å². The molecule has 1 aromatic carbocycles. The monoisotopic (exact) mass is 282 g/mol. The molecule has 0 aliphatic heterocycles. The Kier molecular flexibility index (Phi) is 3.25. The van der Waals surface area contributed by atoms with Crippen LogP contribution in [0.15, 0.2) is 35.3 Å². The van der Waals surface area contributed by atoms with Crippen molar-refractivity contribution in [2.24, 2.45) is 7.05 Å². The number of aromatic amines is 1. The molecule has 0 unspecified atom stereocenters. The summed E-state index contributed by atoms with van der Waals surface area (Å²) in [7, 11) is 1.95. The van der Waals surface area contributed by atoms with Gasteiger partial charge in [0.25, 0.3) is 5.56 Å². The second-order valence-electron chi connectivity index (χ2n) is 5.24. The fourth-order valence-corrected chi connectivity index (χ4v) is 2.56. The Morgan fingerprint density at radius 1 is 1.29 bits per heavy atom. The van der Waals surface area contributed by atoms with E-state index < -0.39 is 0 Å². The first-order chi connectivity index (χ1) is 10.1. The maximum absolute atomic E-state index is 11.8. The van der Waals surface area contributed by atoms with Gasteiger partial charge >= 0.3 is 0 Å². The van der Waals surface area contributed by atoms with Gasteiger partial charge in [-0.15, -0.1) is 0 Å². The van der Waals surface area contributed by atoms with Gasteiger partial charge in [-0.1, -0.05) is 6.07 Å². The van der Waals surface area contributed by atoms with Gasteiger partial charge in [0.15, 0.2) is 0 Å². The zero-order valence-corrected chi connectivity index (χ0v) is 12.4. The number of hydrogen-bond donors (Lipinski definition) is 2. The van der Waals surface area contributed by atoms with Crippen LogP contribution in [-0.2, 0) is 13.6 Å². The van der Waals surface area contributed by atoms with Crippen molar-refractivity contribution in [2.75, 3.05) is 5.32 Å². The molecule has 3 aromatic rings. The Morgan fingerprint density at radius 3 is 2.81 bits per heavy atom. The number of aromatic nitrogens is 3. The number of anilines is 1. The average Bonchev–Trinajstić information content (AvgIpc) is 2.71. The summed E-state index contributed by atoms with van der Waals surface area (Å²) >= 11 is 0. The molecule has 0 saturated carbocycles. The molecular formula is C16H18N4O. The lowest BCUT2D eigenvalue weighted by atomic mass is 10.1. The Bertz CT molecular complexity index is 860. The lowest BCUT2D eigenvalue weighted by Crippen LogP contribution is -2.06. The summed E-state index contributed by atoms with van der Waals surface area (Å²) in [5, 5.41) is 9.42. The quantitative estimate of drug-likeness (QED) is 0.776. The molecule has 0 aliphatic carbocycles. The largest absolute Gasteiger partial charge is 0.381 e. The zero-order chi connectivity index (χ0) is 15.0. The Hall–Kier alpha value is -2.56. The molecule has 0 atom stereocenters. The van der Waals surface area contributed by atoms with Gasteiger partial charge in [-0.2, -0.15) is 5.10 Å². The average molecular weight is 282 g/mol. The van der Waals surface area contributed by atoms with Crippen molar-refractivity contribution in [3.63, 3.8) is 0 Å². The highest BCUT2D eigenvalue weighted by atomic mass is 16.1. The zero-order valence-electron chi connectivity index (χ0n) is 12.4. The van der Waals surface area contributed by atoms with E-state index in [1.54, 1.807) is 6.20 Å². The molecule has 2 aromatic heterocycles. The molecule has 21 heavy (non-hydrogen) atoms. The minimum Gasteiger partial charge on any atom is -0.381 e. The van der Waals surface area contributed by atoms with Crippen LogP contribution in [0.5, 0.6) is 0 Å². The predicted octanol–water partition coefficient (Wildman–Crippen LogP) is 2.49. The van der Waals surface area contributed by atoms with Gasteiger partial charge in [0.2, 0.25) is 0 Å². The first-order valence-electron chi connectivity index (χ1n) is 6.90. The maximum Gasteiger partial charge on any atom is 0.255 e. The first-order valence-corrected chi connectivity index (χ1v) is 6.90. The summed E-state index contributed by atoms with van der Waals surface area (Å²) in [4.78, 5) is 14.5. The number of pyridine rings is 1. The van der Waals surface area contributed by atoms with Gasteiger partial charge in [0.1, 0.15) is 0 Å². The number of nitrogens with zero attached hydrogens (tertiary/aromatic N) is 2. The fraction of sp³-hybridized carbons (Fsp3) is 0.250. The normalized spacial score (nSPS) is 11.0. The van der Waals surface area contributed by atoms with Crippen molar-refractivity contribution < 1.29 is 0 Å². The van der Waals surface area contributed by atoms with Gasteiger partial charge in [0.05, 0.1) is 5.69 Å². The van der Waals surface area contributed by atoms with Crippen molar-refractivity contribution in [3.8, 4) is 0 Å². The van der Waals surface area contributed by atoms with Crippen LogP contribution in [0.4, 0.5) is 5.69 Å². The molecule has 0 aliphatic rings. The molecule has 2 N–H and O–H groups in total. The van der Waals surface area contributed by atoms with Crippen molar-refractivity contribution >= 4 is 16.5 Å². The molecule has 5 nitrogen and oxygen atoms in total. The van der Waals surface area contributed by atoms with E-state index in [2.05, 4.69) is 22.3 Å². The molecule has 0 amide bonds. The molecular weight excluding hydrogens is 264 g/mol. The summed E-state index contributed by atoms with van der Waals surface area (Å²) in [5.41, 5.74) is 4.24. The number of aryl methyl sites for hydroxylation is 2. The molecule has 0 radical (unpaired) electrons. The van der Waals surface area contributed by atoms with Crippen molar-refractivity contribution in [1.82, 2.24) is 14.8 Å². The number of fused-ring (bicyclic) bond motifs is 1. The van der Waals surface area contributed by atoms with E-state index in [-0.39, 0.29) is 5.56 Å². The van der Waals surface area contributed by atoms with E-state index >= 15 is 0 Å². The van der Waals surface area contributed by atoms with Gasteiger partial charge in [-0.25, -0.2) is 0 Å². The van der Waals surface area contributed by atoms with E-state index in [0.717, 1.165) is 22.5 Å². The van der Waals surface area contributed by atoms with Gasteiger partial charge in [0, 0.05) is 42.1 Å². The van der Waals surface area contributed by atoms with Crippen LogP contribution in [0.2, 0.25) is 0 Å². The van der Waals surface area contributed by atoms with Crippen LogP contribution in [0.1, 0.15) is 17.0 Å². The van der Waals surface area contributed by atoms with Crippen molar-refractivity contribution in [1.29, 1.82) is 0 Å². The molecule has 0 saturated heterocycles. The van der Waals surface area contributed by atoms with Crippen molar-refractivity contribution in [2.45, 2.75) is 20.4 Å². The SMILES string of the molecule is Cc1nn(C)c(C)c1CNc1ccc2cc[nH]c(=O)c2c1. The molecule has 5 heteroatoms. The standard InChI is InChI=1S/C16H18N4O/c1-10-15(11(2)20(3)19-10)9-18-13-5-4-12-6-7-17-16(21)14(12)8-13/h4-8,18H,9H2,1-3H3,(H,17,21). The Balaban J connectivity index is 1.89. The first kappa shape index (κ1) is 13.4. The van der Waals surface area contributed by atoms with Gasteiger partial charge in [-0.05, 0) is 37.4 Å². The number of H-pyrrole nitrogens is 1. The highest BCUT2D eigenvalue weighted by Gasteiger charge is 2.09. The predicted molar refractivity (Wildman–Crippen MR) is 84.6 cm³/mol. The van der Waals surface area contributed by atoms with Crippen LogP contribution in [0, 0.1) is 13.8 Å². The van der Waals surface area contributed by atoms with Crippen LogP contribution < -0.4 is 10.9 Å². The van der Waals surface area contributed by atoms with Crippen LogP contribution in [0.25, 0.3) is 10.8 Å². The van der Waals surface area contributed by atoms with E-state index in [9.17, 15) is 4.79 Å². The molecule has 108 valence electrons. The third-order valence-corrected chi connectivity index (χ3v) is 3.90. The van der Waals surface area contributed by atoms with E-state index in [4.69, 9.17) is 0 Å². The van der Waals surface area contributed by atoms with Crippen LogP contribution in [-0.4, -0.2) is 14.8 Å². The lowest BCUT2D eigenvalue weighted by Gasteiger charge is -2.08. The van der Waals surface area contributed by atoms with Crippen molar-refractivity contribution in [3.05, 3.63) is 57.8 Å². The van der Waals surface area contributed by atoms with E-state index in [0.29, 0.717) is 11.9 Å². The summed E-state index contributed by atoms with van der Waals surface area (Å²) in [5.74, 6) is 0. The van der Waals surface area contributed by atoms with Gasteiger partial charge in [-0.3, -0.25) is 9.48 Å². The summed E-state index contributed by atoms with van der Waals surface area (Å²) in [6.45, 7) is 4.76. The number of nitrogens with one attached hydrogen (secondary N) is 2. The number of benzene rings is 1. The molecule has 2 heterocycles. The second kappa shape index (κ2) is 5.09. The topological polar surface area (TPSA) is 62.7 Å². The Morgan fingerprint density at radius 2 is 2.10 bits per heavy atom. The maximum atomic E-state index is 11.8.